The number of hydrogen-bond acceptors (Lipinski definition) is 7. The van der Waals surface area contributed by atoms with E-state index in [0.29, 0.717) is 0 Å². The van der Waals surface area contributed by atoms with Gasteiger partial charge in [0.15, 0.2) is 12.0 Å². The molecule has 1 N–H and O–H groups in total. The van der Waals surface area contributed by atoms with Crippen LogP contribution in [0.4, 0.5) is 8.78 Å². The van der Waals surface area contributed by atoms with Crippen molar-refractivity contribution in [3.63, 3.8) is 0 Å². The summed E-state index contributed by atoms with van der Waals surface area (Å²) < 4.78 is 56.7. The van der Waals surface area contributed by atoms with E-state index in [-0.39, 0.29) is 41.3 Å². The van der Waals surface area contributed by atoms with Crippen LogP contribution < -0.4 is 14.8 Å². The van der Waals surface area contributed by atoms with Gasteiger partial charge in [0.1, 0.15) is 17.8 Å². The Morgan fingerprint density at radius 1 is 1.18 bits per heavy atom. The smallest absolute Gasteiger partial charge is 0.387 e. The number of alkyl halides is 2. The maximum absolute atomic E-state index is 13.6. The van der Waals surface area contributed by atoms with Gasteiger partial charge in [0.2, 0.25) is 5.91 Å². The standard InChI is InChI=1S/C25H28F2N4O7S/c1-15(2)13-18(28-23(33)16-6-8-17(9-7-16)38-25(26)27)24(34)29-12-10-19-22(29)20(32)14-31(19)39(36,37)21-5-3-4-11-30(21)35/h3-9,11,15,18-19,22,25H,10,12-14H2,1-2H3,(H,28,33). The molecule has 210 valence electrons. The molecule has 0 bridgehead atoms. The van der Waals surface area contributed by atoms with E-state index in [1.54, 1.807) is 0 Å². The van der Waals surface area contributed by atoms with Crippen molar-refractivity contribution in [3.05, 3.63) is 59.4 Å². The van der Waals surface area contributed by atoms with Gasteiger partial charge in [-0.05, 0) is 49.1 Å². The van der Waals surface area contributed by atoms with Gasteiger partial charge < -0.3 is 20.2 Å². The molecule has 14 heteroatoms. The van der Waals surface area contributed by atoms with E-state index in [1.165, 1.54) is 41.3 Å². The topological polar surface area (TPSA) is 140 Å². The number of amides is 2. The van der Waals surface area contributed by atoms with Crippen LogP contribution in [0.1, 0.15) is 37.0 Å². The van der Waals surface area contributed by atoms with Gasteiger partial charge in [-0.15, -0.1) is 0 Å². The number of carbonyl (C=O) groups excluding carboxylic acids is 3. The predicted molar refractivity (Wildman–Crippen MR) is 132 cm³/mol. The number of nitrogens with one attached hydrogen (secondary N) is 1. The minimum atomic E-state index is -4.31. The number of Topliss-reactive ketones (excluding diaryl/α,β-unsaturated/α-hetero) is 1. The van der Waals surface area contributed by atoms with Crippen LogP contribution in [-0.4, -0.2) is 73.0 Å². The van der Waals surface area contributed by atoms with Crippen LogP contribution in [0.3, 0.4) is 0 Å². The zero-order valence-corrected chi connectivity index (χ0v) is 22.0. The van der Waals surface area contributed by atoms with Gasteiger partial charge in [-0.25, -0.2) is 8.42 Å². The number of halogens is 2. The van der Waals surface area contributed by atoms with E-state index in [2.05, 4.69) is 10.1 Å². The highest BCUT2D eigenvalue weighted by molar-refractivity contribution is 7.89. The summed E-state index contributed by atoms with van der Waals surface area (Å²) in [6, 6.07) is 6.00. The Morgan fingerprint density at radius 2 is 1.87 bits per heavy atom. The first kappa shape index (κ1) is 28.4. The number of benzene rings is 1. The van der Waals surface area contributed by atoms with Crippen LogP contribution >= 0.6 is 0 Å². The SMILES string of the molecule is CC(C)CC(NC(=O)c1ccc(OC(F)F)cc1)C(=O)N1CCC2C1C(=O)CN2S(=O)(=O)c1cccc[n+]1[O-]. The minimum Gasteiger partial charge on any atom is -0.618 e. The predicted octanol–water partition coefficient (Wildman–Crippen LogP) is 1.31. The molecule has 0 aliphatic carbocycles. The number of pyridine rings is 1. The summed E-state index contributed by atoms with van der Waals surface area (Å²) in [4.78, 5) is 40.8. The van der Waals surface area contributed by atoms with E-state index in [4.69, 9.17) is 0 Å². The largest absolute Gasteiger partial charge is 0.618 e. The number of hydrogen-bond donors (Lipinski definition) is 1. The summed E-state index contributed by atoms with van der Waals surface area (Å²) in [5.41, 5.74) is 0.112. The number of rotatable bonds is 9. The molecule has 2 aliphatic rings. The van der Waals surface area contributed by atoms with Crippen molar-refractivity contribution < 1.29 is 41.0 Å². The van der Waals surface area contributed by atoms with E-state index in [9.17, 15) is 36.8 Å². The quantitative estimate of drug-likeness (QED) is 0.357. The molecular formula is C25H28F2N4O7S. The first-order valence-corrected chi connectivity index (χ1v) is 13.7. The number of nitrogens with zero attached hydrogens (tertiary/aromatic N) is 3. The Hall–Kier alpha value is -3.65. The lowest BCUT2D eigenvalue weighted by molar-refractivity contribution is -0.646. The molecule has 2 saturated heterocycles. The maximum Gasteiger partial charge on any atom is 0.387 e. The van der Waals surface area contributed by atoms with Crippen molar-refractivity contribution in [2.24, 2.45) is 5.92 Å². The number of ether oxygens (including phenoxy) is 1. The average molecular weight is 567 g/mol. The number of likely N-dealkylation sites (tertiary alicyclic amines) is 1. The summed E-state index contributed by atoms with van der Waals surface area (Å²) in [7, 11) is -4.31. The molecule has 1 aromatic heterocycles. The van der Waals surface area contributed by atoms with Crippen LogP contribution in [0.25, 0.3) is 0 Å². The third kappa shape index (κ3) is 5.86. The number of aromatic nitrogens is 1. The molecule has 3 atom stereocenters. The lowest BCUT2D eigenvalue weighted by Crippen LogP contribution is -2.53. The summed E-state index contributed by atoms with van der Waals surface area (Å²) in [6.45, 7) is 0.290. The molecule has 2 fully saturated rings. The molecule has 3 unspecified atom stereocenters. The lowest BCUT2D eigenvalue weighted by atomic mass is 10.0. The van der Waals surface area contributed by atoms with Crippen LogP contribution in [0.15, 0.2) is 53.7 Å². The molecule has 3 heterocycles. The molecule has 11 nitrogen and oxygen atoms in total. The van der Waals surface area contributed by atoms with Crippen LogP contribution in [0.2, 0.25) is 0 Å². The highest BCUT2D eigenvalue weighted by Gasteiger charge is 2.55. The van der Waals surface area contributed by atoms with Crippen molar-refractivity contribution in [2.75, 3.05) is 13.1 Å². The van der Waals surface area contributed by atoms with Crippen LogP contribution in [-0.2, 0) is 19.6 Å². The second-order valence-corrected chi connectivity index (χ2v) is 11.6. The van der Waals surface area contributed by atoms with Gasteiger partial charge in [-0.2, -0.15) is 17.8 Å². The first-order valence-electron chi connectivity index (χ1n) is 12.3. The first-order chi connectivity index (χ1) is 18.4. The van der Waals surface area contributed by atoms with Gasteiger partial charge in [0.25, 0.3) is 5.91 Å². The number of carbonyl (C=O) groups is 3. The number of ketones is 1. The number of sulfonamides is 1. The molecule has 2 aliphatic heterocycles. The Labute approximate surface area is 224 Å². The van der Waals surface area contributed by atoms with Crippen molar-refractivity contribution in [2.45, 2.75) is 56.5 Å². The fraction of sp³-hybridized carbons (Fsp3) is 0.440. The summed E-state index contributed by atoms with van der Waals surface area (Å²) in [6.07, 6.45) is 1.47. The Kier molecular flexibility index (Phi) is 8.16. The van der Waals surface area contributed by atoms with E-state index in [1.807, 2.05) is 13.8 Å². The molecule has 4 rings (SSSR count). The van der Waals surface area contributed by atoms with E-state index < -0.39 is 63.9 Å². The molecule has 2 aromatic rings. The fourth-order valence-corrected chi connectivity index (χ4v) is 6.65. The zero-order valence-electron chi connectivity index (χ0n) is 21.2. The highest BCUT2D eigenvalue weighted by atomic mass is 32.2. The van der Waals surface area contributed by atoms with Crippen LogP contribution in [0, 0.1) is 11.1 Å². The third-order valence-corrected chi connectivity index (χ3v) is 8.54. The van der Waals surface area contributed by atoms with Crippen molar-refractivity contribution in [1.29, 1.82) is 0 Å². The Morgan fingerprint density at radius 3 is 2.49 bits per heavy atom. The second kappa shape index (κ2) is 11.2. The van der Waals surface area contributed by atoms with Gasteiger partial charge >= 0.3 is 21.7 Å². The molecule has 39 heavy (non-hydrogen) atoms. The molecule has 2 amide bonds. The monoisotopic (exact) mass is 566 g/mol. The Bertz CT molecular complexity index is 1350. The van der Waals surface area contributed by atoms with Crippen LogP contribution in [0.5, 0.6) is 5.75 Å². The van der Waals surface area contributed by atoms with E-state index in [0.717, 1.165) is 16.6 Å². The molecule has 1 aromatic carbocycles. The van der Waals surface area contributed by atoms with Gasteiger partial charge in [0, 0.05) is 24.2 Å². The van der Waals surface area contributed by atoms with Crippen molar-refractivity contribution >= 4 is 27.6 Å². The summed E-state index contributed by atoms with van der Waals surface area (Å²) >= 11 is 0. The Balaban J connectivity index is 1.52. The molecule has 0 spiro atoms. The van der Waals surface area contributed by atoms with Gasteiger partial charge in [0.05, 0.1) is 12.6 Å². The minimum absolute atomic E-state index is 0.0267. The van der Waals surface area contributed by atoms with Crippen molar-refractivity contribution in [3.8, 4) is 5.75 Å². The van der Waals surface area contributed by atoms with Crippen molar-refractivity contribution in [1.82, 2.24) is 14.5 Å². The molecule has 0 radical (unpaired) electrons. The third-order valence-electron chi connectivity index (χ3n) is 6.67. The van der Waals surface area contributed by atoms with E-state index >= 15 is 0 Å². The summed E-state index contributed by atoms with van der Waals surface area (Å²) in [5.74, 6) is -1.79. The highest BCUT2D eigenvalue weighted by Crippen LogP contribution is 2.34. The maximum atomic E-state index is 13.6. The normalized spacial score (nSPS) is 20.4. The van der Waals surface area contributed by atoms with Gasteiger partial charge in [-0.3, -0.25) is 14.4 Å². The summed E-state index contributed by atoms with van der Waals surface area (Å²) in [5, 5.41) is 14.3. The van der Waals surface area contributed by atoms with Gasteiger partial charge in [-0.1, -0.05) is 13.8 Å². The lowest BCUT2D eigenvalue weighted by Gasteiger charge is -2.29. The fourth-order valence-electron chi connectivity index (χ4n) is 5.00. The molecule has 0 saturated carbocycles. The average Bonchev–Trinajstić information content (AvgIpc) is 3.44. The molecular weight excluding hydrogens is 538 g/mol. The second-order valence-electron chi connectivity index (χ2n) is 9.77. The zero-order chi connectivity index (χ0) is 28.5. The number of fused-ring (bicyclic) bond motifs is 1.